The first-order valence-electron chi connectivity index (χ1n) is 7.55. The Labute approximate surface area is 151 Å². The predicted octanol–water partition coefficient (Wildman–Crippen LogP) is 2.25. The molecule has 0 atom stereocenters. The molecule has 2 N–H and O–H groups in total. The van der Waals surface area contributed by atoms with Gasteiger partial charge in [-0.05, 0) is 36.4 Å². The monoisotopic (exact) mass is 356 g/mol. The molecule has 25 heavy (non-hydrogen) atoms. The van der Waals surface area contributed by atoms with Gasteiger partial charge in [0.05, 0.1) is 12.1 Å². The summed E-state index contributed by atoms with van der Waals surface area (Å²) in [6.45, 7) is 0.0447. The molecule has 0 radical (unpaired) electrons. The molecule has 0 aliphatic rings. The van der Waals surface area contributed by atoms with Crippen LogP contribution in [0.2, 0.25) is 5.02 Å². The number of carbonyl (C=O) groups excluding carboxylic acids is 2. The zero-order valence-corrected chi connectivity index (χ0v) is 14.4. The van der Waals surface area contributed by atoms with E-state index in [0.717, 1.165) is 0 Å². The molecule has 2 rings (SSSR count). The third-order valence-electron chi connectivity index (χ3n) is 3.18. The topological polar surface area (TPSA) is 67.4 Å². The quantitative estimate of drug-likeness (QED) is 0.807. The summed E-state index contributed by atoms with van der Waals surface area (Å²) in [7, 11) is 1.56. The fourth-order valence-electron chi connectivity index (χ4n) is 1.94. The maximum atomic E-state index is 11.7. The lowest BCUT2D eigenvalue weighted by Crippen LogP contribution is -2.29. The van der Waals surface area contributed by atoms with E-state index in [0.29, 0.717) is 21.9 Å². The number of carbonyl (C=O) groups is 2. The number of amides is 2. The summed E-state index contributed by atoms with van der Waals surface area (Å²) < 4.78 is 5.33. The summed E-state index contributed by atoms with van der Waals surface area (Å²) in [4.78, 5) is 23.5. The van der Waals surface area contributed by atoms with Crippen LogP contribution in [-0.2, 0) is 4.79 Å². The first-order chi connectivity index (χ1) is 12.1. The molecule has 5 nitrogen and oxygen atoms in total. The van der Waals surface area contributed by atoms with Crippen molar-refractivity contribution in [1.29, 1.82) is 0 Å². The van der Waals surface area contributed by atoms with Crippen molar-refractivity contribution in [3.63, 3.8) is 0 Å². The number of rotatable bonds is 5. The maximum absolute atomic E-state index is 11.7. The van der Waals surface area contributed by atoms with E-state index in [1.807, 2.05) is 0 Å². The highest BCUT2D eigenvalue weighted by Gasteiger charge is 2.06. The van der Waals surface area contributed by atoms with Crippen LogP contribution in [0.5, 0.6) is 5.75 Å². The van der Waals surface area contributed by atoms with Gasteiger partial charge in [0.15, 0.2) is 6.61 Å². The van der Waals surface area contributed by atoms with E-state index in [9.17, 15) is 9.59 Å². The standard InChI is InChI=1S/C19H17ClN2O3/c1-21-19(24)17-7-3-2-5-14(17)6-4-12-22-18(23)13-25-16-10-8-15(20)9-11-16/h2-3,5,7-11H,12-13H2,1H3,(H,21,24)(H,22,23). The van der Waals surface area contributed by atoms with E-state index in [-0.39, 0.29) is 25.0 Å². The second-order valence-electron chi connectivity index (χ2n) is 4.95. The molecule has 6 heteroatoms. The van der Waals surface area contributed by atoms with E-state index in [1.165, 1.54) is 0 Å². The molecule has 2 amide bonds. The molecular formula is C19H17ClN2O3. The summed E-state index contributed by atoms with van der Waals surface area (Å²) in [5.74, 6) is 5.77. The summed E-state index contributed by atoms with van der Waals surface area (Å²) >= 11 is 5.77. The van der Waals surface area contributed by atoms with Gasteiger partial charge >= 0.3 is 0 Å². The van der Waals surface area contributed by atoms with Crippen molar-refractivity contribution >= 4 is 23.4 Å². The minimum absolute atomic E-state index is 0.113. The van der Waals surface area contributed by atoms with Gasteiger partial charge in [0.2, 0.25) is 0 Å². The van der Waals surface area contributed by atoms with Gasteiger partial charge in [-0.3, -0.25) is 9.59 Å². The van der Waals surface area contributed by atoms with Crippen molar-refractivity contribution in [3.8, 4) is 17.6 Å². The Morgan fingerprint density at radius 3 is 2.56 bits per heavy atom. The van der Waals surface area contributed by atoms with Crippen LogP contribution in [0, 0.1) is 11.8 Å². The Morgan fingerprint density at radius 2 is 1.84 bits per heavy atom. The van der Waals surface area contributed by atoms with Crippen molar-refractivity contribution in [2.75, 3.05) is 20.2 Å². The van der Waals surface area contributed by atoms with Crippen LogP contribution < -0.4 is 15.4 Å². The largest absolute Gasteiger partial charge is 0.484 e. The highest BCUT2D eigenvalue weighted by molar-refractivity contribution is 6.30. The minimum atomic E-state index is -0.288. The summed E-state index contributed by atoms with van der Waals surface area (Å²) in [6, 6.07) is 13.8. The van der Waals surface area contributed by atoms with Crippen LogP contribution >= 0.6 is 11.6 Å². The van der Waals surface area contributed by atoms with Crippen LogP contribution in [0.25, 0.3) is 0 Å². The van der Waals surface area contributed by atoms with Gasteiger partial charge in [-0.15, -0.1) is 0 Å². The molecule has 0 fully saturated rings. The molecular weight excluding hydrogens is 340 g/mol. The van der Waals surface area contributed by atoms with E-state index in [2.05, 4.69) is 22.5 Å². The molecule has 0 heterocycles. The van der Waals surface area contributed by atoms with Crippen LogP contribution in [0.3, 0.4) is 0 Å². The number of halogens is 1. The molecule has 0 bridgehead atoms. The fourth-order valence-corrected chi connectivity index (χ4v) is 2.06. The molecule has 0 saturated heterocycles. The van der Waals surface area contributed by atoms with E-state index in [4.69, 9.17) is 16.3 Å². The third kappa shape index (κ3) is 5.87. The van der Waals surface area contributed by atoms with Gasteiger partial charge in [0, 0.05) is 17.6 Å². The summed E-state index contributed by atoms with van der Waals surface area (Å²) in [5.41, 5.74) is 1.10. The number of benzene rings is 2. The van der Waals surface area contributed by atoms with Gasteiger partial charge < -0.3 is 15.4 Å². The highest BCUT2D eigenvalue weighted by Crippen LogP contribution is 2.15. The van der Waals surface area contributed by atoms with Crippen molar-refractivity contribution in [3.05, 3.63) is 64.7 Å². The van der Waals surface area contributed by atoms with Crippen molar-refractivity contribution in [2.45, 2.75) is 0 Å². The molecule has 0 spiro atoms. The Bertz CT molecular complexity index is 807. The van der Waals surface area contributed by atoms with Crippen molar-refractivity contribution in [2.24, 2.45) is 0 Å². The van der Waals surface area contributed by atoms with Gasteiger partial charge in [0.1, 0.15) is 5.75 Å². The van der Waals surface area contributed by atoms with Crippen LogP contribution in [-0.4, -0.2) is 32.0 Å². The summed E-state index contributed by atoms with van der Waals surface area (Å²) in [5, 5.41) is 5.80. The van der Waals surface area contributed by atoms with Crippen molar-refractivity contribution < 1.29 is 14.3 Å². The molecule has 0 aliphatic heterocycles. The lowest BCUT2D eigenvalue weighted by molar-refractivity contribution is -0.122. The second kappa shape index (κ2) is 9.36. The SMILES string of the molecule is CNC(=O)c1ccccc1C#CCNC(=O)COc1ccc(Cl)cc1. The maximum Gasteiger partial charge on any atom is 0.258 e. The zero-order chi connectivity index (χ0) is 18.1. The molecule has 128 valence electrons. The Balaban J connectivity index is 1.83. The average Bonchev–Trinajstić information content (AvgIpc) is 2.64. The first kappa shape index (κ1) is 18.4. The Hall–Kier alpha value is -2.97. The molecule has 0 aliphatic carbocycles. The third-order valence-corrected chi connectivity index (χ3v) is 3.43. The lowest BCUT2D eigenvalue weighted by atomic mass is 10.1. The Morgan fingerprint density at radius 1 is 1.12 bits per heavy atom. The summed E-state index contributed by atoms with van der Waals surface area (Å²) in [6.07, 6.45) is 0. The molecule has 2 aromatic carbocycles. The number of hydrogen-bond donors (Lipinski definition) is 2. The lowest BCUT2D eigenvalue weighted by Gasteiger charge is -2.05. The van der Waals surface area contributed by atoms with Gasteiger partial charge in [-0.25, -0.2) is 0 Å². The van der Waals surface area contributed by atoms with Crippen LogP contribution in [0.4, 0.5) is 0 Å². The van der Waals surface area contributed by atoms with Crippen LogP contribution in [0.15, 0.2) is 48.5 Å². The number of nitrogens with one attached hydrogen (secondary N) is 2. The Kier molecular flexibility index (Phi) is 6.87. The van der Waals surface area contributed by atoms with Gasteiger partial charge in [0.25, 0.3) is 11.8 Å². The van der Waals surface area contributed by atoms with E-state index < -0.39 is 0 Å². The van der Waals surface area contributed by atoms with Crippen molar-refractivity contribution in [1.82, 2.24) is 10.6 Å². The second-order valence-corrected chi connectivity index (χ2v) is 5.38. The predicted molar refractivity (Wildman–Crippen MR) is 96.7 cm³/mol. The molecule has 0 saturated carbocycles. The zero-order valence-electron chi connectivity index (χ0n) is 13.6. The molecule has 2 aromatic rings. The smallest absolute Gasteiger partial charge is 0.258 e. The van der Waals surface area contributed by atoms with Crippen LogP contribution in [0.1, 0.15) is 15.9 Å². The minimum Gasteiger partial charge on any atom is -0.484 e. The highest BCUT2D eigenvalue weighted by atomic mass is 35.5. The normalized spacial score (nSPS) is 9.52. The number of hydrogen-bond acceptors (Lipinski definition) is 3. The average molecular weight is 357 g/mol. The fraction of sp³-hybridized carbons (Fsp3) is 0.158. The van der Waals surface area contributed by atoms with Gasteiger partial charge in [-0.2, -0.15) is 0 Å². The van der Waals surface area contributed by atoms with E-state index in [1.54, 1.807) is 55.6 Å². The first-order valence-corrected chi connectivity index (χ1v) is 7.93. The molecule has 0 unspecified atom stereocenters. The number of ether oxygens (including phenoxy) is 1. The molecule has 0 aromatic heterocycles. The van der Waals surface area contributed by atoms with E-state index >= 15 is 0 Å². The van der Waals surface area contributed by atoms with Gasteiger partial charge in [-0.1, -0.05) is 35.6 Å².